The Morgan fingerprint density at radius 2 is 1.70 bits per heavy atom. The van der Waals surface area contributed by atoms with Crippen molar-refractivity contribution in [3.63, 3.8) is 0 Å². The fourth-order valence-electron chi connectivity index (χ4n) is 4.42. The summed E-state index contributed by atoms with van der Waals surface area (Å²) in [5.74, 6) is 0.634. The molecule has 0 spiro atoms. The normalized spacial score (nSPS) is 13.0. The second-order valence-electron chi connectivity index (χ2n) is 11.9. The van der Waals surface area contributed by atoms with Crippen LogP contribution < -0.4 is 4.74 Å². The number of carboxylic acid groups (broad SMARTS) is 1. The van der Waals surface area contributed by atoms with Crippen molar-refractivity contribution in [2.45, 2.75) is 92.4 Å². The topological polar surface area (TPSA) is 46.5 Å². The molecule has 1 aromatic heterocycles. The first-order chi connectivity index (χ1) is 17.3. The van der Waals surface area contributed by atoms with Gasteiger partial charge in [0.2, 0.25) is 0 Å². The van der Waals surface area contributed by atoms with Gasteiger partial charge in [-0.15, -0.1) is 11.3 Å². The van der Waals surface area contributed by atoms with Crippen molar-refractivity contribution in [3.05, 3.63) is 58.5 Å². The number of thiophene rings is 1. The molecule has 1 heterocycles. The maximum Gasteiger partial charge on any atom is 0.328 e. The van der Waals surface area contributed by atoms with Crippen molar-refractivity contribution in [1.82, 2.24) is 0 Å². The standard InChI is InChI=1S/C33H44O3S/c1-10-32(6,7)23-18-26(31(36-16-15-21(3)4)27(19-23)33(8,9)11-2)24-13-12-14-28-25(24)20-29(37-28)22(5)17-30(34)35/h12-14,17-21H,10-11,15-16H2,1-9H3,(H,34,35)/b22-17-. The molecule has 0 saturated carbocycles. The Hall–Kier alpha value is -2.59. The number of fused-ring (bicyclic) bond motifs is 1. The van der Waals surface area contributed by atoms with Gasteiger partial charge in [0, 0.05) is 32.2 Å². The van der Waals surface area contributed by atoms with Gasteiger partial charge in [-0.1, -0.05) is 73.6 Å². The van der Waals surface area contributed by atoms with E-state index in [1.165, 1.54) is 17.2 Å². The first-order valence-corrected chi connectivity index (χ1v) is 14.4. The molecule has 2 aromatic carbocycles. The van der Waals surface area contributed by atoms with Gasteiger partial charge in [0.1, 0.15) is 5.75 Å². The van der Waals surface area contributed by atoms with Crippen LogP contribution in [0.3, 0.4) is 0 Å². The van der Waals surface area contributed by atoms with Gasteiger partial charge in [0.05, 0.1) is 6.61 Å². The predicted octanol–water partition coefficient (Wildman–Crippen LogP) is 9.86. The second-order valence-corrected chi connectivity index (χ2v) is 13.0. The summed E-state index contributed by atoms with van der Waals surface area (Å²) in [5.41, 5.74) is 5.61. The molecule has 4 heteroatoms. The van der Waals surface area contributed by atoms with Crippen molar-refractivity contribution in [3.8, 4) is 16.9 Å². The van der Waals surface area contributed by atoms with E-state index >= 15 is 0 Å². The van der Waals surface area contributed by atoms with Crippen molar-refractivity contribution in [2.24, 2.45) is 5.92 Å². The van der Waals surface area contributed by atoms with Crippen LogP contribution in [0.15, 0.2) is 42.5 Å². The lowest BCUT2D eigenvalue weighted by atomic mass is 9.74. The van der Waals surface area contributed by atoms with E-state index in [9.17, 15) is 9.90 Å². The molecule has 0 saturated heterocycles. The van der Waals surface area contributed by atoms with Crippen LogP contribution in [0.4, 0.5) is 0 Å². The zero-order valence-corrected chi connectivity index (χ0v) is 24.9. The van der Waals surface area contributed by atoms with Gasteiger partial charge in [-0.25, -0.2) is 4.79 Å². The van der Waals surface area contributed by atoms with Crippen LogP contribution >= 0.6 is 11.3 Å². The Labute approximate surface area is 227 Å². The Morgan fingerprint density at radius 1 is 1.03 bits per heavy atom. The smallest absolute Gasteiger partial charge is 0.328 e. The van der Waals surface area contributed by atoms with Crippen LogP contribution in [0.25, 0.3) is 26.8 Å². The molecule has 0 aliphatic heterocycles. The number of aliphatic carboxylic acids is 1. The molecular formula is C33H44O3S. The molecule has 0 atom stereocenters. The molecular weight excluding hydrogens is 476 g/mol. The molecule has 3 rings (SSSR count). The Bertz CT molecular complexity index is 1290. The number of ether oxygens (including phenoxy) is 1. The molecule has 3 nitrogen and oxygen atoms in total. The molecule has 0 unspecified atom stereocenters. The third-order valence-electron chi connectivity index (χ3n) is 7.89. The molecule has 0 aliphatic carbocycles. The number of carbonyl (C=O) groups is 1. The molecule has 200 valence electrons. The van der Waals surface area contributed by atoms with Crippen LogP contribution in [0.1, 0.15) is 97.6 Å². The highest BCUT2D eigenvalue weighted by atomic mass is 32.1. The Balaban J connectivity index is 2.37. The average Bonchev–Trinajstić information content (AvgIpc) is 3.28. The zero-order chi connectivity index (χ0) is 27.5. The summed E-state index contributed by atoms with van der Waals surface area (Å²) in [6.45, 7) is 20.8. The SMILES string of the molecule is CCC(C)(C)c1cc(-c2cccc3sc(/C(C)=C\C(=O)O)cc23)c(OCCC(C)C)c(C(C)(C)CC)c1. The third-order valence-corrected chi connectivity index (χ3v) is 9.12. The Kier molecular flexibility index (Phi) is 8.95. The molecule has 0 aliphatic rings. The maximum absolute atomic E-state index is 11.3. The minimum absolute atomic E-state index is 0.0261. The molecule has 1 N–H and O–H groups in total. The summed E-state index contributed by atoms with van der Waals surface area (Å²) in [6, 6.07) is 13.3. The van der Waals surface area contributed by atoms with E-state index in [0.717, 1.165) is 56.7 Å². The highest BCUT2D eigenvalue weighted by Crippen LogP contribution is 2.47. The molecule has 0 amide bonds. The van der Waals surface area contributed by atoms with Crippen LogP contribution in [-0.2, 0) is 15.6 Å². The molecule has 3 aromatic rings. The van der Waals surface area contributed by atoms with Crippen molar-refractivity contribution >= 4 is 33.0 Å². The van der Waals surface area contributed by atoms with E-state index in [0.29, 0.717) is 12.5 Å². The van der Waals surface area contributed by atoms with Gasteiger partial charge in [-0.2, -0.15) is 0 Å². The minimum Gasteiger partial charge on any atom is -0.493 e. The average molecular weight is 521 g/mol. The van der Waals surface area contributed by atoms with Crippen molar-refractivity contribution in [1.29, 1.82) is 0 Å². The minimum atomic E-state index is -0.919. The summed E-state index contributed by atoms with van der Waals surface area (Å²) < 4.78 is 7.84. The first-order valence-electron chi connectivity index (χ1n) is 13.6. The van der Waals surface area contributed by atoms with Crippen LogP contribution in [0.2, 0.25) is 0 Å². The highest BCUT2D eigenvalue weighted by Gasteiger charge is 2.30. The number of hydrogen-bond acceptors (Lipinski definition) is 3. The summed E-state index contributed by atoms with van der Waals surface area (Å²) in [4.78, 5) is 12.3. The lowest BCUT2D eigenvalue weighted by molar-refractivity contribution is -0.131. The summed E-state index contributed by atoms with van der Waals surface area (Å²) >= 11 is 1.64. The molecule has 37 heavy (non-hydrogen) atoms. The van der Waals surface area contributed by atoms with E-state index in [1.807, 2.05) is 6.92 Å². The van der Waals surface area contributed by atoms with Crippen molar-refractivity contribution < 1.29 is 14.6 Å². The summed E-state index contributed by atoms with van der Waals surface area (Å²) in [6.07, 6.45) is 4.34. The number of hydrogen-bond donors (Lipinski definition) is 1. The maximum atomic E-state index is 11.3. The first kappa shape index (κ1) is 29.0. The molecule has 0 bridgehead atoms. The van der Waals surface area contributed by atoms with Crippen LogP contribution in [0.5, 0.6) is 5.75 Å². The lowest BCUT2D eigenvalue weighted by Gasteiger charge is -2.32. The van der Waals surface area contributed by atoms with E-state index in [2.05, 4.69) is 91.8 Å². The number of benzene rings is 2. The fourth-order valence-corrected chi connectivity index (χ4v) is 5.47. The van der Waals surface area contributed by atoms with Crippen molar-refractivity contribution in [2.75, 3.05) is 6.61 Å². The van der Waals surface area contributed by atoms with E-state index in [1.54, 1.807) is 11.3 Å². The van der Waals surface area contributed by atoms with E-state index in [-0.39, 0.29) is 10.8 Å². The monoisotopic (exact) mass is 520 g/mol. The lowest BCUT2D eigenvalue weighted by Crippen LogP contribution is -2.22. The largest absolute Gasteiger partial charge is 0.493 e. The van der Waals surface area contributed by atoms with Crippen LogP contribution in [-0.4, -0.2) is 17.7 Å². The van der Waals surface area contributed by atoms with E-state index in [4.69, 9.17) is 4.74 Å². The summed E-state index contributed by atoms with van der Waals surface area (Å²) in [5, 5.41) is 10.4. The number of carboxylic acids is 1. The van der Waals surface area contributed by atoms with Gasteiger partial charge in [0.15, 0.2) is 0 Å². The third kappa shape index (κ3) is 6.46. The Morgan fingerprint density at radius 3 is 2.30 bits per heavy atom. The predicted molar refractivity (Wildman–Crippen MR) is 160 cm³/mol. The van der Waals surface area contributed by atoms with Gasteiger partial charge < -0.3 is 9.84 Å². The molecule has 0 radical (unpaired) electrons. The van der Waals surface area contributed by atoms with Gasteiger partial charge in [0.25, 0.3) is 0 Å². The van der Waals surface area contributed by atoms with Gasteiger partial charge in [-0.05, 0) is 77.8 Å². The number of rotatable bonds is 11. The zero-order valence-electron chi connectivity index (χ0n) is 24.1. The molecule has 0 fully saturated rings. The van der Waals surface area contributed by atoms with Crippen LogP contribution in [0, 0.1) is 5.92 Å². The highest BCUT2D eigenvalue weighted by molar-refractivity contribution is 7.20. The second kappa shape index (κ2) is 11.4. The number of allylic oxidation sites excluding steroid dienone is 1. The van der Waals surface area contributed by atoms with Gasteiger partial charge in [-0.3, -0.25) is 0 Å². The van der Waals surface area contributed by atoms with E-state index < -0.39 is 5.97 Å². The summed E-state index contributed by atoms with van der Waals surface area (Å²) in [7, 11) is 0. The quantitative estimate of drug-likeness (QED) is 0.256. The van der Waals surface area contributed by atoms with Gasteiger partial charge >= 0.3 is 5.97 Å². The fraction of sp³-hybridized carbons (Fsp3) is 0.485.